The van der Waals surface area contributed by atoms with Crippen LogP contribution in [0.5, 0.6) is 5.75 Å². The fourth-order valence-electron chi connectivity index (χ4n) is 3.16. The van der Waals surface area contributed by atoms with Gasteiger partial charge in [-0.05, 0) is 49.6 Å². The number of aliphatic imine (C=N–C) groups is 1. The minimum absolute atomic E-state index is 0.0735. The molecule has 2 aromatic rings. The lowest BCUT2D eigenvalue weighted by molar-refractivity contribution is -0.138. The van der Waals surface area contributed by atoms with Crippen LogP contribution in [0.1, 0.15) is 43.4 Å². The number of nitrogens with zero attached hydrogens (tertiary/aromatic N) is 1. The number of aryl methyl sites for hydroxylation is 1. The average Bonchev–Trinajstić information content (AvgIpc) is 3.08. The molecule has 1 heterocycles. The second-order valence-corrected chi connectivity index (χ2v) is 8.49. The topological polar surface area (TPSA) is 85.2 Å². The van der Waals surface area contributed by atoms with E-state index in [1.165, 1.54) is 5.56 Å². The lowest BCUT2D eigenvalue weighted by Gasteiger charge is -2.07. The van der Waals surface area contributed by atoms with Gasteiger partial charge in [0.25, 0.3) is 0 Å². The van der Waals surface area contributed by atoms with E-state index in [1.54, 1.807) is 13.0 Å². The molecule has 3 rings (SSSR count). The number of esters is 1. The Balaban J connectivity index is 1.78. The number of amides is 1. The Hall–Kier alpha value is -3.32. The van der Waals surface area contributed by atoms with Crippen LogP contribution in [-0.2, 0) is 20.9 Å². The average molecular weight is 466 g/mol. The number of aliphatic hydroxyl groups excluding tert-OH is 1. The Kier molecular flexibility index (Phi) is 8.49. The highest BCUT2D eigenvalue weighted by atomic mass is 32.2. The summed E-state index contributed by atoms with van der Waals surface area (Å²) in [5.41, 5.74) is 3.00. The van der Waals surface area contributed by atoms with E-state index in [0.717, 1.165) is 28.6 Å². The maximum atomic E-state index is 12.4. The van der Waals surface area contributed by atoms with Crippen LogP contribution in [0.4, 0.5) is 0 Å². The van der Waals surface area contributed by atoms with Gasteiger partial charge in [0.2, 0.25) is 5.91 Å². The summed E-state index contributed by atoms with van der Waals surface area (Å²) < 4.78 is 10.9. The molecular formula is C26H27NO5S. The summed E-state index contributed by atoms with van der Waals surface area (Å²) in [6, 6.07) is 15.5. The Labute approximate surface area is 198 Å². The first-order chi connectivity index (χ1) is 15.9. The number of hydrogen-bond donors (Lipinski definition) is 1. The third kappa shape index (κ3) is 6.58. The van der Waals surface area contributed by atoms with Gasteiger partial charge in [-0.15, -0.1) is 0 Å². The summed E-state index contributed by atoms with van der Waals surface area (Å²) in [6.07, 6.45) is 2.64. The molecule has 0 bridgehead atoms. The molecule has 0 saturated heterocycles. The standard InChI is InChI=1S/C26H27NO5S/c1-4-7-22(28)27-25-23(26(30)31-5-2)24(29)21(33-25)15-18-10-12-20(13-11-18)32-16-19-9-6-8-17(3)14-19/h6,8-15,29H,4-5,7,16H2,1-3H3/b21-15-,27-25?. The van der Waals surface area contributed by atoms with Crippen LogP contribution in [-0.4, -0.2) is 28.6 Å². The highest BCUT2D eigenvalue weighted by molar-refractivity contribution is 8.18. The van der Waals surface area contributed by atoms with E-state index in [2.05, 4.69) is 11.1 Å². The van der Waals surface area contributed by atoms with Crippen LogP contribution in [0, 0.1) is 6.92 Å². The zero-order valence-electron chi connectivity index (χ0n) is 19.0. The van der Waals surface area contributed by atoms with Gasteiger partial charge in [-0.3, -0.25) is 4.79 Å². The predicted molar refractivity (Wildman–Crippen MR) is 131 cm³/mol. The molecule has 0 spiro atoms. The van der Waals surface area contributed by atoms with Crippen molar-refractivity contribution < 1.29 is 24.2 Å². The second-order valence-electron chi connectivity index (χ2n) is 7.46. The highest BCUT2D eigenvalue weighted by Gasteiger charge is 2.33. The highest BCUT2D eigenvalue weighted by Crippen LogP contribution is 2.39. The van der Waals surface area contributed by atoms with Gasteiger partial charge in [0, 0.05) is 6.42 Å². The van der Waals surface area contributed by atoms with Crippen LogP contribution in [0.25, 0.3) is 6.08 Å². The summed E-state index contributed by atoms with van der Waals surface area (Å²) in [5, 5.41) is 10.8. The van der Waals surface area contributed by atoms with Gasteiger partial charge < -0.3 is 14.6 Å². The van der Waals surface area contributed by atoms with E-state index in [9.17, 15) is 14.7 Å². The molecule has 1 aliphatic rings. The summed E-state index contributed by atoms with van der Waals surface area (Å²) in [6.45, 7) is 6.21. The first-order valence-corrected chi connectivity index (χ1v) is 11.6. The number of ether oxygens (including phenoxy) is 2. The van der Waals surface area contributed by atoms with Gasteiger partial charge in [-0.2, -0.15) is 0 Å². The molecule has 33 heavy (non-hydrogen) atoms. The molecule has 6 nitrogen and oxygen atoms in total. The molecule has 1 N–H and O–H groups in total. The molecule has 1 amide bonds. The molecule has 0 aromatic heterocycles. The Morgan fingerprint density at radius 1 is 1.12 bits per heavy atom. The SMILES string of the molecule is CCCC(=O)N=C1S/C(=C\c2ccc(OCc3cccc(C)c3)cc2)C(O)=C1C(=O)OCC. The van der Waals surface area contributed by atoms with Gasteiger partial charge in [0.1, 0.15) is 28.7 Å². The van der Waals surface area contributed by atoms with E-state index in [0.29, 0.717) is 17.9 Å². The van der Waals surface area contributed by atoms with Gasteiger partial charge in [0.15, 0.2) is 0 Å². The molecule has 1 aliphatic heterocycles. The van der Waals surface area contributed by atoms with Gasteiger partial charge in [0.05, 0.1) is 11.5 Å². The lowest BCUT2D eigenvalue weighted by Crippen LogP contribution is -2.14. The molecule has 0 aliphatic carbocycles. The summed E-state index contributed by atoms with van der Waals surface area (Å²) in [7, 11) is 0. The maximum absolute atomic E-state index is 12.4. The van der Waals surface area contributed by atoms with Crippen LogP contribution >= 0.6 is 11.8 Å². The molecule has 0 fully saturated rings. The molecule has 172 valence electrons. The van der Waals surface area contributed by atoms with Crippen LogP contribution in [0.2, 0.25) is 0 Å². The third-order valence-electron chi connectivity index (χ3n) is 4.73. The van der Waals surface area contributed by atoms with Crippen molar-refractivity contribution >= 4 is 34.8 Å². The van der Waals surface area contributed by atoms with Crippen molar-refractivity contribution in [2.45, 2.75) is 40.2 Å². The van der Waals surface area contributed by atoms with E-state index in [-0.39, 0.29) is 35.3 Å². The van der Waals surface area contributed by atoms with E-state index in [1.807, 2.05) is 56.3 Å². The molecule has 7 heteroatoms. The number of thioether (sulfide) groups is 1. The molecule has 0 saturated carbocycles. The number of carbonyl (C=O) groups is 2. The number of rotatable bonds is 8. The van der Waals surface area contributed by atoms with E-state index < -0.39 is 5.97 Å². The minimum atomic E-state index is -0.700. The minimum Gasteiger partial charge on any atom is -0.506 e. The van der Waals surface area contributed by atoms with Gasteiger partial charge in [-0.25, -0.2) is 9.79 Å². The van der Waals surface area contributed by atoms with Crippen molar-refractivity contribution in [2.75, 3.05) is 6.61 Å². The molecular weight excluding hydrogens is 438 g/mol. The zero-order valence-corrected chi connectivity index (χ0v) is 19.8. The number of hydrogen-bond acceptors (Lipinski definition) is 6. The second kappa shape index (κ2) is 11.5. The predicted octanol–water partition coefficient (Wildman–Crippen LogP) is 5.76. The molecule has 0 radical (unpaired) electrons. The molecule has 2 aromatic carbocycles. The Morgan fingerprint density at radius 3 is 2.55 bits per heavy atom. The fraction of sp³-hybridized carbons (Fsp3) is 0.269. The lowest BCUT2D eigenvalue weighted by atomic mass is 10.1. The van der Waals surface area contributed by atoms with Crippen LogP contribution in [0.15, 0.2) is 69.8 Å². The zero-order chi connectivity index (χ0) is 23.8. The number of aliphatic hydroxyl groups is 1. The van der Waals surface area contributed by atoms with E-state index in [4.69, 9.17) is 9.47 Å². The number of benzene rings is 2. The van der Waals surface area contributed by atoms with Crippen molar-refractivity contribution in [1.29, 1.82) is 0 Å². The quantitative estimate of drug-likeness (QED) is 0.499. The largest absolute Gasteiger partial charge is 0.506 e. The smallest absolute Gasteiger partial charge is 0.344 e. The normalized spacial score (nSPS) is 15.8. The number of carbonyl (C=O) groups excluding carboxylic acids is 2. The first-order valence-electron chi connectivity index (χ1n) is 10.8. The van der Waals surface area contributed by atoms with Crippen LogP contribution in [0.3, 0.4) is 0 Å². The first kappa shape index (κ1) is 24.3. The summed E-state index contributed by atoms with van der Waals surface area (Å²) in [4.78, 5) is 28.8. The Morgan fingerprint density at radius 2 is 1.88 bits per heavy atom. The summed E-state index contributed by atoms with van der Waals surface area (Å²) in [5.74, 6) is -0.557. The fourth-order valence-corrected chi connectivity index (χ4v) is 4.19. The van der Waals surface area contributed by atoms with Gasteiger partial charge >= 0.3 is 5.97 Å². The van der Waals surface area contributed by atoms with Crippen molar-refractivity contribution in [2.24, 2.45) is 4.99 Å². The Bertz CT molecular complexity index is 1120. The van der Waals surface area contributed by atoms with Gasteiger partial charge in [-0.1, -0.05) is 60.6 Å². The maximum Gasteiger partial charge on any atom is 0.344 e. The third-order valence-corrected chi connectivity index (χ3v) is 5.75. The molecule has 0 unspecified atom stereocenters. The molecule has 0 atom stereocenters. The van der Waals surface area contributed by atoms with Crippen molar-refractivity contribution in [3.63, 3.8) is 0 Å². The monoisotopic (exact) mass is 465 g/mol. The van der Waals surface area contributed by atoms with Crippen LogP contribution < -0.4 is 4.74 Å². The summed E-state index contributed by atoms with van der Waals surface area (Å²) >= 11 is 1.08. The van der Waals surface area contributed by atoms with E-state index >= 15 is 0 Å². The van der Waals surface area contributed by atoms with Crippen molar-refractivity contribution in [3.05, 3.63) is 81.5 Å². The van der Waals surface area contributed by atoms with Crippen molar-refractivity contribution in [3.8, 4) is 5.75 Å². The van der Waals surface area contributed by atoms with Crippen molar-refractivity contribution in [1.82, 2.24) is 0 Å².